The number of aryl methyl sites for hydroxylation is 1. The number of anilines is 3. The monoisotopic (exact) mass is 296 g/mol. The fourth-order valence-corrected chi connectivity index (χ4v) is 2.26. The molecular formula is C18H24N4. The summed E-state index contributed by atoms with van der Waals surface area (Å²) in [7, 11) is 0. The maximum atomic E-state index is 4.51. The van der Waals surface area contributed by atoms with Crippen LogP contribution in [-0.4, -0.2) is 16.5 Å². The quantitative estimate of drug-likeness (QED) is 0.802. The minimum atomic E-state index is 0.0651. The number of aromatic nitrogens is 2. The standard InChI is InChI=1S/C18H24N4/c1-6-11-19-17-20-13(2)12-16(22-17)21-15-10-8-7-9-14(15)18(3,4)5/h6-10,12H,1,11H2,2-5H3,(H2,19,20,21,22). The van der Waals surface area contributed by atoms with E-state index in [0.29, 0.717) is 12.5 Å². The maximum Gasteiger partial charge on any atom is 0.225 e. The molecule has 0 aliphatic carbocycles. The molecule has 2 rings (SSSR count). The van der Waals surface area contributed by atoms with Crippen molar-refractivity contribution in [3.05, 3.63) is 54.2 Å². The molecule has 0 saturated heterocycles. The van der Waals surface area contributed by atoms with Crippen LogP contribution in [0.25, 0.3) is 0 Å². The van der Waals surface area contributed by atoms with Crippen LogP contribution in [0.15, 0.2) is 43.0 Å². The lowest BCUT2D eigenvalue weighted by Crippen LogP contribution is -2.14. The summed E-state index contributed by atoms with van der Waals surface area (Å²) >= 11 is 0. The molecule has 4 heteroatoms. The molecule has 0 saturated carbocycles. The molecule has 22 heavy (non-hydrogen) atoms. The molecule has 0 bridgehead atoms. The zero-order valence-corrected chi connectivity index (χ0v) is 13.8. The van der Waals surface area contributed by atoms with Crippen LogP contribution in [0.5, 0.6) is 0 Å². The van der Waals surface area contributed by atoms with Crippen molar-refractivity contribution in [2.75, 3.05) is 17.2 Å². The van der Waals surface area contributed by atoms with Crippen molar-refractivity contribution in [3.8, 4) is 0 Å². The van der Waals surface area contributed by atoms with Gasteiger partial charge < -0.3 is 10.6 Å². The van der Waals surface area contributed by atoms with Gasteiger partial charge in [0.25, 0.3) is 0 Å². The Kier molecular flexibility index (Phi) is 4.81. The number of para-hydroxylation sites is 1. The first-order chi connectivity index (χ1) is 10.4. The third-order valence-corrected chi connectivity index (χ3v) is 3.26. The van der Waals surface area contributed by atoms with Crippen LogP contribution < -0.4 is 10.6 Å². The van der Waals surface area contributed by atoms with Crippen LogP contribution in [-0.2, 0) is 5.41 Å². The van der Waals surface area contributed by atoms with Gasteiger partial charge in [0.1, 0.15) is 5.82 Å². The highest BCUT2D eigenvalue weighted by atomic mass is 15.1. The van der Waals surface area contributed by atoms with Crippen molar-refractivity contribution in [1.29, 1.82) is 0 Å². The van der Waals surface area contributed by atoms with Gasteiger partial charge in [-0.2, -0.15) is 4.98 Å². The van der Waals surface area contributed by atoms with E-state index >= 15 is 0 Å². The normalized spacial score (nSPS) is 11.1. The first-order valence-corrected chi connectivity index (χ1v) is 7.47. The second-order valence-electron chi connectivity index (χ2n) is 6.31. The maximum absolute atomic E-state index is 4.51. The van der Waals surface area contributed by atoms with Gasteiger partial charge in [0.05, 0.1) is 0 Å². The predicted molar refractivity (Wildman–Crippen MR) is 93.9 cm³/mol. The van der Waals surface area contributed by atoms with Gasteiger partial charge in [0.2, 0.25) is 5.95 Å². The van der Waals surface area contributed by atoms with Gasteiger partial charge in [0.15, 0.2) is 0 Å². The molecule has 2 aromatic rings. The Morgan fingerprint density at radius 2 is 1.91 bits per heavy atom. The van der Waals surface area contributed by atoms with Gasteiger partial charge in [-0.25, -0.2) is 4.98 Å². The second-order valence-corrected chi connectivity index (χ2v) is 6.31. The fraction of sp³-hybridized carbons (Fsp3) is 0.333. The lowest BCUT2D eigenvalue weighted by Gasteiger charge is -2.23. The summed E-state index contributed by atoms with van der Waals surface area (Å²) in [5, 5.41) is 6.55. The molecule has 0 atom stereocenters. The summed E-state index contributed by atoms with van der Waals surface area (Å²) in [5.74, 6) is 1.39. The molecule has 0 fully saturated rings. The molecule has 0 radical (unpaired) electrons. The molecular weight excluding hydrogens is 272 g/mol. The topological polar surface area (TPSA) is 49.8 Å². The predicted octanol–water partition coefficient (Wildman–Crippen LogP) is 4.42. The molecule has 0 aliphatic rings. The van der Waals surface area contributed by atoms with Crippen LogP contribution in [0.2, 0.25) is 0 Å². The van der Waals surface area contributed by atoms with Crippen LogP contribution in [0.1, 0.15) is 32.0 Å². The van der Waals surface area contributed by atoms with Crippen LogP contribution in [0, 0.1) is 6.92 Å². The van der Waals surface area contributed by atoms with E-state index in [1.165, 1.54) is 5.56 Å². The number of hydrogen-bond donors (Lipinski definition) is 2. The molecule has 1 aromatic carbocycles. The van der Waals surface area contributed by atoms with E-state index in [2.05, 4.69) is 66.2 Å². The third kappa shape index (κ3) is 4.07. The molecule has 1 aromatic heterocycles. The zero-order valence-electron chi connectivity index (χ0n) is 13.8. The van der Waals surface area contributed by atoms with Crippen LogP contribution in [0.4, 0.5) is 17.5 Å². The minimum Gasteiger partial charge on any atom is -0.351 e. The van der Waals surface area contributed by atoms with Crippen molar-refractivity contribution in [2.24, 2.45) is 0 Å². The molecule has 0 unspecified atom stereocenters. The number of nitrogens with zero attached hydrogens (tertiary/aromatic N) is 2. The van der Waals surface area contributed by atoms with E-state index in [1.807, 2.05) is 19.1 Å². The Balaban J connectivity index is 2.31. The first-order valence-electron chi connectivity index (χ1n) is 7.47. The van der Waals surface area contributed by atoms with E-state index in [-0.39, 0.29) is 5.41 Å². The van der Waals surface area contributed by atoms with Gasteiger partial charge in [-0.1, -0.05) is 45.0 Å². The molecule has 1 heterocycles. The van der Waals surface area contributed by atoms with Crippen molar-refractivity contribution in [2.45, 2.75) is 33.1 Å². The van der Waals surface area contributed by atoms with Crippen molar-refractivity contribution in [1.82, 2.24) is 9.97 Å². The highest BCUT2D eigenvalue weighted by Gasteiger charge is 2.17. The van der Waals surface area contributed by atoms with Gasteiger partial charge in [-0.05, 0) is 24.0 Å². The van der Waals surface area contributed by atoms with Crippen molar-refractivity contribution in [3.63, 3.8) is 0 Å². The van der Waals surface area contributed by atoms with E-state index in [1.54, 1.807) is 6.08 Å². The summed E-state index contributed by atoms with van der Waals surface area (Å²) in [6.07, 6.45) is 1.79. The summed E-state index contributed by atoms with van der Waals surface area (Å²) in [4.78, 5) is 8.88. The Hall–Kier alpha value is -2.36. The number of rotatable bonds is 5. The van der Waals surface area contributed by atoms with Gasteiger partial charge >= 0.3 is 0 Å². The Labute approximate surface area is 132 Å². The first kappa shape index (κ1) is 16.0. The number of benzene rings is 1. The summed E-state index contributed by atoms with van der Waals surface area (Å²) in [6.45, 7) is 12.9. The molecule has 0 amide bonds. The average molecular weight is 296 g/mol. The Morgan fingerprint density at radius 3 is 2.59 bits per heavy atom. The fourth-order valence-electron chi connectivity index (χ4n) is 2.26. The Morgan fingerprint density at radius 1 is 1.18 bits per heavy atom. The van der Waals surface area contributed by atoms with E-state index in [0.717, 1.165) is 17.2 Å². The Bertz CT molecular complexity index is 656. The van der Waals surface area contributed by atoms with Gasteiger partial charge in [-0.3, -0.25) is 0 Å². The minimum absolute atomic E-state index is 0.0651. The number of nitrogens with one attached hydrogen (secondary N) is 2. The smallest absolute Gasteiger partial charge is 0.225 e. The molecule has 4 nitrogen and oxygen atoms in total. The van der Waals surface area contributed by atoms with Crippen LogP contribution >= 0.6 is 0 Å². The summed E-state index contributed by atoms with van der Waals surface area (Å²) < 4.78 is 0. The molecule has 2 N–H and O–H groups in total. The van der Waals surface area contributed by atoms with E-state index in [4.69, 9.17) is 0 Å². The van der Waals surface area contributed by atoms with E-state index in [9.17, 15) is 0 Å². The second kappa shape index (κ2) is 6.60. The summed E-state index contributed by atoms with van der Waals surface area (Å²) in [6, 6.07) is 10.3. The van der Waals surface area contributed by atoms with Crippen LogP contribution in [0.3, 0.4) is 0 Å². The molecule has 0 spiro atoms. The highest BCUT2D eigenvalue weighted by molar-refractivity contribution is 5.63. The molecule has 116 valence electrons. The third-order valence-electron chi connectivity index (χ3n) is 3.26. The molecule has 0 aliphatic heterocycles. The lowest BCUT2D eigenvalue weighted by atomic mass is 9.86. The summed E-state index contributed by atoms with van der Waals surface area (Å²) in [5.41, 5.74) is 3.31. The van der Waals surface area contributed by atoms with Crippen molar-refractivity contribution < 1.29 is 0 Å². The lowest BCUT2D eigenvalue weighted by molar-refractivity contribution is 0.592. The largest absolute Gasteiger partial charge is 0.351 e. The highest BCUT2D eigenvalue weighted by Crippen LogP contribution is 2.31. The SMILES string of the molecule is C=CCNc1nc(C)cc(Nc2ccccc2C(C)(C)C)n1. The van der Waals surface area contributed by atoms with Gasteiger partial charge in [-0.15, -0.1) is 6.58 Å². The van der Waals surface area contributed by atoms with Crippen molar-refractivity contribution >= 4 is 17.5 Å². The number of hydrogen-bond acceptors (Lipinski definition) is 4. The van der Waals surface area contributed by atoms with Gasteiger partial charge in [0, 0.05) is 24.0 Å². The average Bonchev–Trinajstić information content (AvgIpc) is 2.44. The van der Waals surface area contributed by atoms with E-state index < -0.39 is 0 Å². The zero-order chi connectivity index (χ0) is 16.2.